The van der Waals surface area contributed by atoms with Gasteiger partial charge in [0.1, 0.15) is 0 Å². The van der Waals surface area contributed by atoms with Crippen LogP contribution in [0.3, 0.4) is 0 Å². The number of aryl methyl sites for hydroxylation is 1. The third kappa shape index (κ3) is 3.98. The van der Waals surface area contributed by atoms with Gasteiger partial charge in [0.15, 0.2) is 5.69 Å². The molecule has 5 rings (SSSR count). The minimum Gasteiger partial charge on any atom is -0.368 e. The van der Waals surface area contributed by atoms with Crippen molar-refractivity contribution in [3.63, 3.8) is 0 Å². The van der Waals surface area contributed by atoms with Crippen molar-refractivity contribution in [2.45, 2.75) is 32.9 Å². The molecule has 1 N–H and O–H groups in total. The monoisotopic (exact) mass is 448 g/mol. The van der Waals surface area contributed by atoms with Crippen LogP contribution in [0.2, 0.25) is 0 Å². The fourth-order valence-corrected chi connectivity index (χ4v) is 5.11. The summed E-state index contributed by atoms with van der Waals surface area (Å²) in [6, 6.07) is 22.6. The van der Waals surface area contributed by atoms with Crippen molar-refractivity contribution in [1.82, 2.24) is 9.88 Å². The highest BCUT2D eigenvalue weighted by molar-refractivity contribution is 5.98. The molecule has 1 aliphatic rings. The Morgan fingerprint density at radius 3 is 2.21 bits per heavy atom. The Morgan fingerprint density at radius 2 is 1.56 bits per heavy atom. The van der Waals surface area contributed by atoms with Crippen LogP contribution in [0.1, 0.15) is 19.4 Å². The van der Waals surface area contributed by atoms with E-state index in [1.165, 1.54) is 5.69 Å². The predicted molar refractivity (Wildman–Crippen MR) is 140 cm³/mol. The lowest BCUT2D eigenvalue weighted by Crippen LogP contribution is -2.54. The normalized spacial score (nSPS) is 18.1. The molecule has 2 heterocycles. The fourth-order valence-electron chi connectivity index (χ4n) is 5.11. The highest BCUT2D eigenvalue weighted by Crippen LogP contribution is 2.31. The largest absolute Gasteiger partial charge is 0.368 e. The summed E-state index contributed by atoms with van der Waals surface area (Å²) in [4.78, 5) is 19.4. The van der Waals surface area contributed by atoms with Crippen LogP contribution >= 0.6 is 0 Å². The van der Waals surface area contributed by atoms with E-state index in [0.717, 1.165) is 40.9 Å². The summed E-state index contributed by atoms with van der Waals surface area (Å²) in [6.45, 7) is 15.6. The molecule has 5 nitrogen and oxygen atoms in total. The second-order valence-electron chi connectivity index (χ2n) is 9.26. The van der Waals surface area contributed by atoms with Gasteiger partial charge in [0.25, 0.3) is 5.56 Å². The van der Waals surface area contributed by atoms with Crippen molar-refractivity contribution in [2.75, 3.05) is 18.0 Å². The van der Waals surface area contributed by atoms with Crippen LogP contribution in [0.4, 0.5) is 11.4 Å². The zero-order valence-electron chi connectivity index (χ0n) is 19.7. The Hall–Kier alpha value is -3.88. The van der Waals surface area contributed by atoms with Crippen LogP contribution in [0.15, 0.2) is 77.7 Å². The molecule has 0 radical (unpaired) electrons. The maximum Gasteiger partial charge on any atom is 0.262 e. The van der Waals surface area contributed by atoms with E-state index >= 15 is 0 Å². The molecular weight excluding hydrogens is 420 g/mol. The van der Waals surface area contributed by atoms with Gasteiger partial charge < -0.3 is 10.2 Å². The van der Waals surface area contributed by atoms with Crippen molar-refractivity contribution >= 4 is 22.1 Å². The van der Waals surface area contributed by atoms with E-state index in [2.05, 4.69) is 41.0 Å². The van der Waals surface area contributed by atoms with E-state index in [9.17, 15) is 4.79 Å². The molecule has 0 spiro atoms. The SMILES string of the molecule is [C-]#[N+]c1ccc(-c2cccc3c(=O)n(-c4ccc(N5CC(C)NC(C)C5)cc4)cc(C)c23)cc1. The molecule has 170 valence electrons. The number of pyridine rings is 1. The molecule has 0 aliphatic carbocycles. The average Bonchev–Trinajstić information content (AvgIpc) is 2.85. The van der Waals surface area contributed by atoms with Crippen molar-refractivity contribution in [1.29, 1.82) is 0 Å². The molecule has 1 saturated heterocycles. The molecule has 5 heteroatoms. The van der Waals surface area contributed by atoms with Gasteiger partial charge in [0.2, 0.25) is 0 Å². The molecular formula is C29H28N4O. The lowest BCUT2D eigenvalue weighted by atomic mass is 9.96. The van der Waals surface area contributed by atoms with E-state index in [-0.39, 0.29) is 5.56 Å². The minimum absolute atomic E-state index is 0.0302. The van der Waals surface area contributed by atoms with E-state index in [4.69, 9.17) is 6.57 Å². The molecule has 34 heavy (non-hydrogen) atoms. The van der Waals surface area contributed by atoms with Gasteiger partial charge in [0, 0.05) is 48.1 Å². The Kier molecular flexibility index (Phi) is 5.69. The van der Waals surface area contributed by atoms with Crippen LogP contribution in [0.5, 0.6) is 0 Å². The Bertz CT molecular complexity index is 1440. The smallest absolute Gasteiger partial charge is 0.262 e. The lowest BCUT2D eigenvalue weighted by molar-refractivity contribution is 0.407. The van der Waals surface area contributed by atoms with Gasteiger partial charge in [-0.15, -0.1) is 0 Å². The van der Waals surface area contributed by atoms with Gasteiger partial charge in [-0.25, -0.2) is 4.85 Å². The van der Waals surface area contributed by atoms with Crippen molar-refractivity contribution < 1.29 is 0 Å². The summed E-state index contributed by atoms with van der Waals surface area (Å²) in [6.07, 6.45) is 1.94. The van der Waals surface area contributed by atoms with E-state index in [0.29, 0.717) is 23.2 Å². The van der Waals surface area contributed by atoms with Gasteiger partial charge in [-0.3, -0.25) is 9.36 Å². The molecule has 1 fully saturated rings. The van der Waals surface area contributed by atoms with Gasteiger partial charge >= 0.3 is 0 Å². The molecule has 0 amide bonds. The third-order valence-corrected chi connectivity index (χ3v) is 6.59. The lowest BCUT2D eigenvalue weighted by Gasteiger charge is -2.37. The number of nitrogens with zero attached hydrogens (tertiary/aromatic N) is 3. The molecule has 3 aromatic carbocycles. The predicted octanol–water partition coefficient (Wildman–Crippen LogP) is 5.70. The molecule has 2 unspecified atom stereocenters. The number of aromatic nitrogens is 1. The molecule has 4 aromatic rings. The quantitative estimate of drug-likeness (QED) is 0.409. The Morgan fingerprint density at radius 1 is 0.912 bits per heavy atom. The van der Waals surface area contributed by atoms with Gasteiger partial charge in [-0.1, -0.05) is 36.4 Å². The zero-order valence-corrected chi connectivity index (χ0v) is 19.7. The number of hydrogen-bond donors (Lipinski definition) is 1. The topological polar surface area (TPSA) is 41.6 Å². The second-order valence-corrected chi connectivity index (χ2v) is 9.26. The number of hydrogen-bond acceptors (Lipinski definition) is 3. The summed E-state index contributed by atoms with van der Waals surface area (Å²) in [7, 11) is 0. The Balaban J connectivity index is 1.55. The highest BCUT2D eigenvalue weighted by atomic mass is 16.1. The van der Waals surface area contributed by atoms with Crippen LogP contribution in [-0.4, -0.2) is 29.7 Å². The zero-order chi connectivity index (χ0) is 23.8. The van der Waals surface area contributed by atoms with Gasteiger partial charge in [-0.05, 0) is 73.2 Å². The Labute approximate surface area is 200 Å². The standard InChI is InChI=1S/C29H28N4O/c1-19-16-33(25-14-12-24(13-15-25)32-17-20(2)31-21(3)18-32)29(34)27-7-5-6-26(28(19)27)22-8-10-23(30-4)11-9-22/h5-16,20-21,31H,17-18H2,1-3H3. The maximum atomic E-state index is 13.5. The minimum atomic E-state index is -0.0302. The first-order valence-electron chi connectivity index (χ1n) is 11.7. The maximum absolute atomic E-state index is 13.5. The third-order valence-electron chi connectivity index (χ3n) is 6.59. The fraction of sp³-hybridized carbons (Fsp3) is 0.241. The van der Waals surface area contributed by atoms with Crippen molar-refractivity contribution in [3.05, 3.63) is 100 Å². The summed E-state index contributed by atoms with van der Waals surface area (Å²) in [5.74, 6) is 0. The second kappa shape index (κ2) is 8.81. The van der Waals surface area contributed by atoms with E-state index in [1.54, 1.807) is 4.57 Å². The van der Waals surface area contributed by atoms with Crippen LogP contribution in [-0.2, 0) is 0 Å². The van der Waals surface area contributed by atoms with Crippen molar-refractivity contribution in [2.24, 2.45) is 0 Å². The molecule has 0 saturated carbocycles. The number of anilines is 1. The van der Waals surface area contributed by atoms with Crippen LogP contribution < -0.4 is 15.8 Å². The van der Waals surface area contributed by atoms with E-state index in [1.807, 2.05) is 67.7 Å². The van der Waals surface area contributed by atoms with Gasteiger partial charge in [0.05, 0.1) is 6.57 Å². The first-order chi connectivity index (χ1) is 16.4. The number of benzene rings is 3. The summed E-state index contributed by atoms with van der Waals surface area (Å²) in [5, 5.41) is 5.22. The highest BCUT2D eigenvalue weighted by Gasteiger charge is 2.21. The van der Waals surface area contributed by atoms with Crippen LogP contribution in [0, 0.1) is 13.5 Å². The number of rotatable bonds is 3. The summed E-state index contributed by atoms with van der Waals surface area (Å²) in [5.41, 5.74) is 5.67. The number of nitrogens with one attached hydrogen (secondary N) is 1. The summed E-state index contributed by atoms with van der Waals surface area (Å²) < 4.78 is 1.75. The van der Waals surface area contributed by atoms with E-state index < -0.39 is 0 Å². The average molecular weight is 449 g/mol. The number of piperazine rings is 1. The molecule has 1 aromatic heterocycles. The summed E-state index contributed by atoms with van der Waals surface area (Å²) >= 11 is 0. The number of fused-ring (bicyclic) bond motifs is 1. The first kappa shape index (κ1) is 21.9. The van der Waals surface area contributed by atoms with Gasteiger partial charge in [-0.2, -0.15) is 0 Å². The van der Waals surface area contributed by atoms with Crippen LogP contribution in [0.25, 0.3) is 32.4 Å². The first-order valence-corrected chi connectivity index (χ1v) is 11.7. The van der Waals surface area contributed by atoms with Crippen molar-refractivity contribution in [3.8, 4) is 16.8 Å². The molecule has 0 bridgehead atoms. The molecule has 2 atom stereocenters. The molecule has 1 aliphatic heterocycles.